The fourth-order valence-corrected chi connectivity index (χ4v) is 1.99. The average molecular weight is 280 g/mol. The second kappa shape index (κ2) is 7.63. The Morgan fingerprint density at radius 2 is 2.11 bits per heavy atom. The molecule has 0 aliphatic rings. The Morgan fingerprint density at radius 1 is 1.37 bits per heavy atom. The first kappa shape index (κ1) is 15.3. The maximum absolute atomic E-state index is 11.0. The molecule has 0 spiro atoms. The molecule has 0 heterocycles. The molecule has 1 aromatic carbocycles. The maximum Gasteiger partial charge on any atom is 0.335 e. The maximum atomic E-state index is 11.0. The van der Waals surface area contributed by atoms with Gasteiger partial charge in [0.25, 0.3) is 0 Å². The number of thioether (sulfide) groups is 1. The number of hydrogen-bond donors (Lipinski definition) is 1. The van der Waals surface area contributed by atoms with Crippen LogP contribution in [0.15, 0.2) is 24.3 Å². The zero-order valence-electron chi connectivity index (χ0n) is 10.9. The molecule has 0 saturated carbocycles. The van der Waals surface area contributed by atoms with E-state index in [-0.39, 0.29) is 10.7 Å². The van der Waals surface area contributed by atoms with Crippen LogP contribution in [0.25, 0.3) is 6.08 Å². The Morgan fingerprint density at radius 3 is 2.68 bits per heavy atom. The molecule has 0 atom stereocenters. The molecule has 4 nitrogen and oxygen atoms in total. The van der Waals surface area contributed by atoms with Gasteiger partial charge in [0, 0.05) is 12.7 Å². The van der Waals surface area contributed by atoms with Crippen molar-refractivity contribution in [3.8, 4) is 5.75 Å². The van der Waals surface area contributed by atoms with Crippen LogP contribution in [-0.4, -0.2) is 29.1 Å². The zero-order valence-corrected chi connectivity index (χ0v) is 11.7. The molecule has 1 rings (SSSR count). The molecule has 0 aromatic heterocycles. The number of carboxylic acids is 1. The van der Waals surface area contributed by atoms with Crippen molar-refractivity contribution in [3.05, 3.63) is 35.4 Å². The van der Waals surface area contributed by atoms with E-state index in [1.165, 1.54) is 31.9 Å². The fraction of sp³-hybridized carbons (Fsp3) is 0.286. The van der Waals surface area contributed by atoms with E-state index < -0.39 is 5.97 Å². The van der Waals surface area contributed by atoms with Gasteiger partial charge < -0.3 is 9.84 Å². The van der Waals surface area contributed by atoms with Crippen LogP contribution in [0, 0.1) is 0 Å². The number of hydrogen-bond acceptors (Lipinski definition) is 4. The Bertz CT molecular complexity index is 494. The molecule has 0 bridgehead atoms. The number of aromatic carboxylic acids is 1. The first-order valence-electron chi connectivity index (χ1n) is 5.75. The van der Waals surface area contributed by atoms with Gasteiger partial charge >= 0.3 is 5.97 Å². The Balaban J connectivity index is 2.71. The topological polar surface area (TPSA) is 63.6 Å². The van der Waals surface area contributed by atoms with Crippen molar-refractivity contribution >= 4 is 28.9 Å². The Kier molecular flexibility index (Phi) is 6.15. The SMILES string of the molecule is COc1cc(C=CCCSC(C)=O)cc(C(=O)O)c1. The zero-order chi connectivity index (χ0) is 14.3. The van der Waals surface area contributed by atoms with Crippen LogP contribution in [0.5, 0.6) is 5.75 Å². The van der Waals surface area contributed by atoms with Gasteiger partial charge in [-0.1, -0.05) is 23.9 Å². The molecule has 1 aromatic rings. The molecule has 0 radical (unpaired) electrons. The van der Waals surface area contributed by atoms with Gasteiger partial charge in [0.15, 0.2) is 5.12 Å². The lowest BCUT2D eigenvalue weighted by Gasteiger charge is -2.03. The summed E-state index contributed by atoms with van der Waals surface area (Å²) in [6, 6.07) is 4.83. The van der Waals surface area contributed by atoms with E-state index in [0.29, 0.717) is 5.75 Å². The van der Waals surface area contributed by atoms with Crippen molar-refractivity contribution in [3.63, 3.8) is 0 Å². The molecule has 0 fully saturated rings. The predicted octanol–water partition coefficient (Wildman–Crippen LogP) is 3.08. The highest BCUT2D eigenvalue weighted by Gasteiger charge is 2.05. The van der Waals surface area contributed by atoms with Crippen molar-refractivity contribution in [2.45, 2.75) is 13.3 Å². The third kappa shape index (κ3) is 5.61. The molecular weight excluding hydrogens is 264 g/mol. The third-order valence-corrected chi connectivity index (χ3v) is 3.16. The normalized spacial score (nSPS) is 10.6. The molecule has 0 aliphatic heterocycles. The molecule has 5 heteroatoms. The van der Waals surface area contributed by atoms with Gasteiger partial charge in [0.1, 0.15) is 5.75 Å². The van der Waals surface area contributed by atoms with Gasteiger partial charge in [-0.2, -0.15) is 0 Å². The number of allylic oxidation sites excluding steroid dienone is 1. The van der Waals surface area contributed by atoms with Gasteiger partial charge in [-0.05, 0) is 30.2 Å². The van der Waals surface area contributed by atoms with Crippen molar-refractivity contribution in [1.29, 1.82) is 0 Å². The molecule has 0 aliphatic carbocycles. The highest BCUT2D eigenvalue weighted by molar-refractivity contribution is 8.13. The molecule has 1 N–H and O–H groups in total. The number of benzene rings is 1. The molecular formula is C14H16O4S. The molecule has 0 amide bonds. The van der Waals surface area contributed by atoms with Crippen LogP contribution in [0.4, 0.5) is 0 Å². The first-order valence-corrected chi connectivity index (χ1v) is 6.73. The molecule has 19 heavy (non-hydrogen) atoms. The number of carbonyl (C=O) groups excluding carboxylic acids is 1. The van der Waals surface area contributed by atoms with Gasteiger partial charge in [0.2, 0.25) is 0 Å². The van der Waals surface area contributed by atoms with E-state index in [1.807, 2.05) is 12.2 Å². The van der Waals surface area contributed by atoms with Gasteiger partial charge in [0.05, 0.1) is 12.7 Å². The van der Waals surface area contributed by atoms with E-state index in [4.69, 9.17) is 9.84 Å². The number of ether oxygens (including phenoxy) is 1. The van der Waals surface area contributed by atoms with E-state index in [1.54, 1.807) is 12.1 Å². The lowest BCUT2D eigenvalue weighted by Crippen LogP contribution is -1.97. The van der Waals surface area contributed by atoms with Crippen LogP contribution in [0.1, 0.15) is 29.3 Å². The standard InChI is InChI=1S/C14H16O4S/c1-10(15)19-6-4-3-5-11-7-12(14(16)17)9-13(8-11)18-2/h3,5,7-9H,4,6H2,1-2H3,(H,16,17). The minimum Gasteiger partial charge on any atom is -0.497 e. The van der Waals surface area contributed by atoms with Crippen LogP contribution >= 0.6 is 11.8 Å². The van der Waals surface area contributed by atoms with Gasteiger partial charge in [-0.15, -0.1) is 0 Å². The quantitative estimate of drug-likeness (QED) is 0.811. The van der Waals surface area contributed by atoms with Crippen molar-refractivity contribution in [2.75, 3.05) is 12.9 Å². The monoisotopic (exact) mass is 280 g/mol. The highest BCUT2D eigenvalue weighted by atomic mass is 32.2. The summed E-state index contributed by atoms with van der Waals surface area (Å²) in [7, 11) is 1.50. The third-order valence-electron chi connectivity index (χ3n) is 2.31. The fourth-order valence-electron chi connectivity index (χ4n) is 1.45. The summed E-state index contributed by atoms with van der Waals surface area (Å²) in [6.07, 6.45) is 4.50. The largest absolute Gasteiger partial charge is 0.497 e. The summed E-state index contributed by atoms with van der Waals surface area (Å²) in [5, 5.41) is 9.08. The molecule has 102 valence electrons. The Hall–Kier alpha value is -1.75. The summed E-state index contributed by atoms with van der Waals surface area (Å²) in [5.74, 6) is 0.250. The van der Waals surface area contributed by atoms with E-state index in [0.717, 1.165) is 17.7 Å². The second-order valence-electron chi connectivity index (χ2n) is 3.83. The lowest BCUT2D eigenvalue weighted by atomic mass is 10.1. The summed E-state index contributed by atoms with van der Waals surface area (Å²) in [5.41, 5.74) is 0.960. The smallest absolute Gasteiger partial charge is 0.335 e. The van der Waals surface area contributed by atoms with Crippen molar-refractivity contribution < 1.29 is 19.4 Å². The van der Waals surface area contributed by atoms with Crippen LogP contribution in [0.2, 0.25) is 0 Å². The summed E-state index contributed by atoms with van der Waals surface area (Å²) < 4.78 is 5.06. The summed E-state index contributed by atoms with van der Waals surface area (Å²) in [6.45, 7) is 1.54. The van der Waals surface area contributed by atoms with E-state index in [9.17, 15) is 9.59 Å². The molecule has 0 saturated heterocycles. The minimum absolute atomic E-state index is 0.0999. The highest BCUT2D eigenvalue weighted by Crippen LogP contribution is 2.18. The van der Waals surface area contributed by atoms with E-state index in [2.05, 4.69) is 0 Å². The van der Waals surface area contributed by atoms with E-state index >= 15 is 0 Å². The first-order chi connectivity index (χ1) is 9.02. The Labute approximate surface area is 116 Å². The number of carbonyl (C=O) groups is 2. The number of carboxylic acid groups (broad SMARTS) is 1. The van der Waals surface area contributed by atoms with Crippen LogP contribution in [0.3, 0.4) is 0 Å². The predicted molar refractivity (Wildman–Crippen MR) is 76.7 cm³/mol. The number of methoxy groups -OCH3 is 1. The van der Waals surface area contributed by atoms with Crippen molar-refractivity contribution in [1.82, 2.24) is 0 Å². The van der Waals surface area contributed by atoms with Crippen LogP contribution < -0.4 is 4.74 Å². The van der Waals surface area contributed by atoms with Crippen molar-refractivity contribution in [2.24, 2.45) is 0 Å². The second-order valence-corrected chi connectivity index (χ2v) is 5.10. The lowest BCUT2D eigenvalue weighted by molar-refractivity contribution is -0.109. The minimum atomic E-state index is -0.985. The van der Waals surface area contributed by atoms with Gasteiger partial charge in [-0.3, -0.25) is 4.79 Å². The van der Waals surface area contributed by atoms with Crippen LogP contribution in [-0.2, 0) is 4.79 Å². The molecule has 0 unspecified atom stereocenters. The summed E-state index contributed by atoms with van der Waals surface area (Å²) in [4.78, 5) is 21.7. The number of rotatable bonds is 6. The van der Waals surface area contributed by atoms with Gasteiger partial charge in [-0.25, -0.2) is 4.79 Å². The summed E-state index contributed by atoms with van der Waals surface area (Å²) >= 11 is 1.27. The average Bonchev–Trinajstić information content (AvgIpc) is 2.37.